The molecule has 1 fully saturated rings. The number of aromatic amines is 1. The molecule has 0 amide bonds. The summed E-state index contributed by atoms with van der Waals surface area (Å²) in [7, 11) is 0. The lowest BCUT2D eigenvalue weighted by Crippen LogP contribution is -2.56. The van der Waals surface area contributed by atoms with Crippen LogP contribution in [0.5, 0.6) is 0 Å². The summed E-state index contributed by atoms with van der Waals surface area (Å²) < 4.78 is 0. The molecule has 3 aromatic rings. The molecule has 2 unspecified atom stereocenters. The molecule has 6 nitrogen and oxygen atoms in total. The van der Waals surface area contributed by atoms with Gasteiger partial charge in [0, 0.05) is 36.4 Å². The minimum atomic E-state index is 0.303. The van der Waals surface area contributed by atoms with Gasteiger partial charge in [-0.1, -0.05) is 70.5 Å². The third kappa shape index (κ3) is 5.67. The lowest BCUT2D eigenvalue weighted by molar-refractivity contribution is 0.247. The summed E-state index contributed by atoms with van der Waals surface area (Å²) >= 11 is 0. The fourth-order valence-electron chi connectivity index (χ4n) is 3.87. The van der Waals surface area contributed by atoms with Crippen LogP contribution in [0.1, 0.15) is 60.5 Å². The smallest absolute Gasteiger partial charge is 0.226 e. The molecule has 1 saturated heterocycles. The lowest BCUT2D eigenvalue weighted by Gasteiger charge is -2.45. The van der Waals surface area contributed by atoms with Gasteiger partial charge in [-0.3, -0.25) is 5.10 Å². The zero-order valence-electron chi connectivity index (χ0n) is 21.1. The van der Waals surface area contributed by atoms with E-state index < -0.39 is 0 Å². The highest BCUT2D eigenvalue weighted by Crippen LogP contribution is 2.28. The van der Waals surface area contributed by atoms with Gasteiger partial charge in [0.05, 0.1) is 6.20 Å². The molecule has 0 spiro atoms. The van der Waals surface area contributed by atoms with Crippen molar-refractivity contribution in [2.75, 3.05) is 18.0 Å². The molecule has 0 saturated carbocycles. The molecule has 0 aliphatic carbocycles. The van der Waals surface area contributed by atoms with E-state index in [9.17, 15) is 0 Å². The highest BCUT2D eigenvalue weighted by Gasteiger charge is 2.31. The highest BCUT2D eigenvalue weighted by molar-refractivity contribution is 5.89. The monoisotopic (exact) mass is 436 g/mol. The number of H-pyrrole nitrogens is 1. The predicted molar refractivity (Wildman–Crippen MR) is 137 cm³/mol. The van der Waals surface area contributed by atoms with Gasteiger partial charge < -0.3 is 9.80 Å². The third-order valence-electron chi connectivity index (χ3n) is 5.30. The number of rotatable bonds is 3. The molecule has 1 aliphatic rings. The number of nitrogens with one attached hydrogen (secondary N) is 1. The lowest BCUT2D eigenvalue weighted by atomic mass is 10.1. The number of hydrogen-bond acceptors (Lipinski definition) is 5. The molecule has 174 valence electrons. The van der Waals surface area contributed by atoms with Crippen LogP contribution in [0, 0.1) is 6.92 Å². The normalized spacial score (nSPS) is 17.9. The van der Waals surface area contributed by atoms with Crippen LogP contribution in [0.15, 0.2) is 42.7 Å². The van der Waals surface area contributed by atoms with E-state index in [1.54, 1.807) is 0 Å². The second kappa shape index (κ2) is 11.7. The summed E-state index contributed by atoms with van der Waals surface area (Å²) in [5, 5.41) is 7.55. The van der Waals surface area contributed by atoms with Gasteiger partial charge in [-0.25, -0.2) is 9.97 Å². The number of benzene rings is 1. The van der Waals surface area contributed by atoms with E-state index in [-0.39, 0.29) is 0 Å². The number of allylic oxidation sites excluding steroid dienone is 1. The topological polar surface area (TPSA) is 60.9 Å². The first-order valence-electron chi connectivity index (χ1n) is 11.8. The van der Waals surface area contributed by atoms with Crippen molar-refractivity contribution in [3.63, 3.8) is 0 Å². The molecule has 6 heteroatoms. The van der Waals surface area contributed by atoms with Crippen molar-refractivity contribution in [1.29, 1.82) is 0 Å². The SMILES string of the molecule is C=C(C)N1CC(C)N(c2ncc3[nH]nc(-c4ccc(C)cc4)c3n2)C(C)C1.CC.CCC. The highest BCUT2D eigenvalue weighted by atomic mass is 15.4. The first kappa shape index (κ1) is 25.4. The van der Waals surface area contributed by atoms with Crippen LogP contribution in [0.2, 0.25) is 0 Å². The molecule has 1 aliphatic heterocycles. The second-order valence-electron chi connectivity index (χ2n) is 8.32. The fourth-order valence-corrected chi connectivity index (χ4v) is 3.87. The van der Waals surface area contributed by atoms with Crippen molar-refractivity contribution >= 4 is 17.0 Å². The number of piperazine rings is 1. The van der Waals surface area contributed by atoms with Crippen molar-refractivity contribution in [1.82, 2.24) is 25.1 Å². The van der Waals surface area contributed by atoms with E-state index in [4.69, 9.17) is 4.98 Å². The van der Waals surface area contributed by atoms with E-state index in [0.29, 0.717) is 12.1 Å². The summed E-state index contributed by atoms with van der Waals surface area (Å²) in [6, 6.07) is 8.97. The number of nitrogens with zero attached hydrogens (tertiary/aromatic N) is 5. The molecule has 32 heavy (non-hydrogen) atoms. The maximum absolute atomic E-state index is 4.91. The van der Waals surface area contributed by atoms with Gasteiger partial charge in [0.25, 0.3) is 0 Å². The van der Waals surface area contributed by atoms with Crippen LogP contribution in [-0.2, 0) is 0 Å². The largest absolute Gasteiger partial charge is 0.371 e. The number of hydrogen-bond donors (Lipinski definition) is 1. The Bertz CT molecular complexity index is 979. The second-order valence-corrected chi connectivity index (χ2v) is 8.32. The van der Waals surface area contributed by atoms with Crippen molar-refractivity contribution in [2.45, 2.75) is 73.9 Å². The molecule has 3 heterocycles. The summed E-state index contributed by atoms with van der Waals surface area (Å²) in [5.74, 6) is 0.763. The molecular weight excluding hydrogens is 396 g/mol. The van der Waals surface area contributed by atoms with Crippen LogP contribution < -0.4 is 4.90 Å². The van der Waals surface area contributed by atoms with Crippen LogP contribution >= 0.6 is 0 Å². The van der Waals surface area contributed by atoms with E-state index in [1.807, 2.05) is 20.0 Å². The molecule has 0 bridgehead atoms. The van der Waals surface area contributed by atoms with E-state index >= 15 is 0 Å². The molecule has 2 atom stereocenters. The minimum Gasteiger partial charge on any atom is -0.371 e. The van der Waals surface area contributed by atoms with Crippen molar-refractivity contribution in [3.05, 3.63) is 48.3 Å². The van der Waals surface area contributed by atoms with Crippen molar-refractivity contribution < 1.29 is 0 Å². The molecule has 2 aromatic heterocycles. The summed E-state index contributed by atoms with van der Waals surface area (Å²) in [6.07, 6.45) is 3.09. The Hall–Kier alpha value is -2.89. The van der Waals surface area contributed by atoms with Gasteiger partial charge in [0.15, 0.2) is 0 Å². The Kier molecular flexibility index (Phi) is 9.24. The van der Waals surface area contributed by atoms with Crippen molar-refractivity contribution in [2.24, 2.45) is 0 Å². The molecule has 1 N–H and O–H groups in total. The van der Waals surface area contributed by atoms with Crippen LogP contribution in [0.4, 0.5) is 5.95 Å². The van der Waals surface area contributed by atoms with Gasteiger partial charge in [-0.2, -0.15) is 5.10 Å². The number of aromatic nitrogens is 4. The van der Waals surface area contributed by atoms with Gasteiger partial charge in [0.1, 0.15) is 16.7 Å². The maximum Gasteiger partial charge on any atom is 0.226 e. The number of aryl methyl sites for hydroxylation is 1. The Labute approximate surface area is 193 Å². The van der Waals surface area contributed by atoms with Gasteiger partial charge in [0.2, 0.25) is 5.95 Å². The number of anilines is 1. The fraction of sp³-hybridized carbons (Fsp3) is 0.500. The van der Waals surface area contributed by atoms with Gasteiger partial charge >= 0.3 is 0 Å². The first-order valence-corrected chi connectivity index (χ1v) is 11.8. The van der Waals surface area contributed by atoms with E-state index in [1.165, 1.54) is 12.0 Å². The van der Waals surface area contributed by atoms with Gasteiger partial charge in [-0.15, -0.1) is 0 Å². The minimum absolute atomic E-state index is 0.303. The Morgan fingerprint density at radius 3 is 2.19 bits per heavy atom. The number of fused-ring (bicyclic) bond motifs is 1. The zero-order valence-corrected chi connectivity index (χ0v) is 21.1. The van der Waals surface area contributed by atoms with E-state index in [0.717, 1.165) is 47.0 Å². The maximum atomic E-state index is 4.91. The summed E-state index contributed by atoms with van der Waals surface area (Å²) in [5.41, 5.74) is 5.99. The molecular formula is C26H40N6. The van der Waals surface area contributed by atoms with Crippen LogP contribution in [-0.4, -0.2) is 50.2 Å². The molecule has 1 aromatic carbocycles. The first-order chi connectivity index (χ1) is 15.3. The quantitative estimate of drug-likeness (QED) is 0.529. The van der Waals surface area contributed by atoms with Crippen LogP contribution in [0.3, 0.4) is 0 Å². The standard InChI is InChI=1S/C21H26N6.C3H8.C2H6/c1-13(2)26-11-15(4)27(16(5)12-26)21-22-10-18-20(23-21)19(25-24-18)17-8-6-14(3)7-9-17;1-3-2;1-2/h6-10,15-16H,1,11-12H2,2-5H3,(H,24,25);3H2,1-2H3;1-2H3. The molecule has 4 rings (SSSR count). The summed E-state index contributed by atoms with van der Waals surface area (Å²) in [4.78, 5) is 14.2. The van der Waals surface area contributed by atoms with E-state index in [2.05, 4.69) is 97.4 Å². The Morgan fingerprint density at radius 1 is 1.09 bits per heavy atom. The average molecular weight is 437 g/mol. The van der Waals surface area contributed by atoms with Crippen LogP contribution in [0.25, 0.3) is 22.3 Å². The third-order valence-corrected chi connectivity index (χ3v) is 5.30. The predicted octanol–water partition coefficient (Wildman–Crippen LogP) is 6.20. The Balaban J connectivity index is 0.000000671. The van der Waals surface area contributed by atoms with Gasteiger partial charge in [-0.05, 0) is 27.7 Å². The zero-order chi connectivity index (χ0) is 23.8. The molecule has 0 radical (unpaired) electrons. The van der Waals surface area contributed by atoms with Crippen molar-refractivity contribution in [3.8, 4) is 11.3 Å². The summed E-state index contributed by atoms with van der Waals surface area (Å²) in [6.45, 7) is 22.8. The average Bonchev–Trinajstić information content (AvgIpc) is 3.19. The Morgan fingerprint density at radius 2 is 1.66 bits per heavy atom.